The number of nitrogens with two attached hydrogens (primary N) is 1. The summed E-state index contributed by atoms with van der Waals surface area (Å²) in [5, 5.41) is 15.4. The Hall–Kier alpha value is -2.48. The minimum absolute atomic E-state index is 0.239. The van der Waals surface area contributed by atoms with E-state index in [1.54, 1.807) is 0 Å². The van der Waals surface area contributed by atoms with Gasteiger partial charge < -0.3 is 10.5 Å². The monoisotopic (exact) mass is 242 g/mol. The summed E-state index contributed by atoms with van der Waals surface area (Å²) in [6.45, 7) is 2.50. The molecule has 0 fully saturated rings. The number of benzene rings is 1. The van der Waals surface area contributed by atoms with Crippen LogP contribution in [0.1, 0.15) is 16.8 Å². The van der Waals surface area contributed by atoms with Gasteiger partial charge in [0.25, 0.3) is 0 Å². The van der Waals surface area contributed by atoms with E-state index in [4.69, 9.17) is 15.7 Å². The number of rotatable bonds is 4. The molecule has 1 aromatic heterocycles. The van der Waals surface area contributed by atoms with Crippen molar-refractivity contribution in [2.75, 3.05) is 12.3 Å². The van der Waals surface area contributed by atoms with Crippen LogP contribution in [0.3, 0.4) is 0 Å². The molecule has 0 saturated carbocycles. The third kappa shape index (κ3) is 2.61. The number of nitrogens with one attached hydrogen (secondary N) is 1. The molecule has 5 nitrogen and oxygen atoms in total. The van der Waals surface area contributed by atoms with Gasteiger partial charge in [0.2, 0.25) is 0 Å². The first-order chi connectivity index (χ1) is 8.70. The molecule has 2 rings (SSSR count). The summed E-state index contributed by atoms with van der Waals surface area (Å²) in [4.78, 5) is 0. The molecule has 0 radical (unpaired) electrons. The largest absolute Gasteiger partial charge is 0.493 e. The first-order valence-electron chi connectivity index (χ1n) is 5.63. The highest BCUT2D eigenvalue weighted by Gasteiger charge is 2.09. The van der Waals surface area contributed by atoms with E-state index < -0.39 is 0 Å². The molecule has 0 bridgehead atoms. The van der Waals surface area contributed by atoms with Crippen LogP contribution in [0.2, 0.25) is 0 Å². The van der Waals surface area contributed by atoms with Crippen molar-refractivity contribution in [3.8, 4) is 11.8 Å². The summed E-state index contributed by atoms with van der Waals surface area (Å²) < 4.78 is 5.58. The fourth-order valence-electron chi connectivity index (χ4n) is 1.61. The van der Waals surface area contributed by atoms with Crippen molar-refractivity contribution in [3.05, 3.63) is 41.1 Å². The lowest BCUT2D eigenvalue weighted by atomic mass is 10.2. The van der Waals surface area contributed by atoms with Crippen molar-refractivity contribution in [1.29, 1.82) is 5.26 Å². The summed E-state index contributed by atoms with van der Waals surface area (Å²) in [5.41, 5.74) is 7.85. The van der Waals surface area contributed by atoms with E-state index in [0.29, 0.717) is 24.3 Å². The van der Waals surface area contributed by atoms with Gasteiger partial charge in [0, 0.05) is 6.42 Å². The van der Waals surface area contributed by atoms with Crippen molar-refractivity contribution in [3.63, 3.8) is 0 Å². The summed E-state index contributed by atoms with van der Waals surface area (Å²) in [6, 6.07) is 9.84. The Balaban J connectivity index is 1.93. The second-order valence-electron chi connectivity index (χ2n) is 3.99. The van der Waals surface area contributed by atoms with Gasteiger partial charge in [-0.3, -0.25) is 5.10 Å². The average Bonchev–Trinajstić information content (AvgIpc) is 2.72. The normalized spacial score (nSPS) is 10.0. The lowest BCUT2D eigenvalue weighted by molar-refractivity contribution is 0.320. The van der Waals surface area contributed by atoms with Crippen LogP contribution in [0.15, 0.2) is 24.3 Å². The molecule has 0 saturated heterocycles. The zero-order valence-corrected chi connectivity index (χ0v) is 10.1. The smallest absolute Gasteiger partial charge is 0.163 e. The number of anilines is 1. The Morgan fingerprint density at radius 2 is 2.11 bits per heavy atom. The molecule has 0 spiro atoms. The molecule has 0 aliphatic rings. The van der Waals surface area contributed by atoms with E-state index in [1.165, 1.54) is 5.56 Å². The van der Waals surface area contributed by atoms with Gasteiger partial charge in [-0.1, -0.05) is 17.7 Å². The number of nitrogen functional groups attached to an aromatic ring is 1. The zero-order valence-electron chi connectivity index (χ0n) is 10.1. The first-order valence-corrected chi connectivity index (χ1v) is 5.63. The highest BCUT2D eigenvalue weighted by atomic mass is 16.5. The van der Waals surface area contributed by atoms with Gasteiger partial charge in [0.15, 0.2) is 5.82 Å². The average molecular weight is 242 g/mol. The summed E-state index contributed by atoms with van der Waals surface area (Å²) >= 11 is 0. The van der Waals surface area contributed by atoms with Gasteiger partial charge in [-0.2, -0.15) is 10.4 Å². The van der Waals surface area contributed by atoms with Crippen molar-refractivity contribution in [2.45, 2.75) is 13.3 Å². The third-order valence-corrected chi connectivity index (χ3v) is 2.62. The van der Waals surface area contributed by atoms with Gasteiger partial charge in [0.05, 0.1) is 12.3 Å². The molecule has 5 heteroatoms. The molecular formula is C13H14N4O. The Kier molecular flexibility index (Phi) is 3.49. The third-order valence-electron chi connectivity index (χ3n) is 2.62. The molecule has 0 amide bonds. The Morgan fingerprint density at radius 3 is 2.78 bits per heavy atom. The maximum atomic E-state index is 8.90. The molecular weight excluding hydrogens is 228 g/mol. The van der Waals surface area contributed by atoms with Crippen LogP contribution in [-0.2, 0) is 6.42 Å². The number of hydrogen-bond acceptors (Lipinski definition) is 4. The number of aromatic nitrogens is 2. The van der Waals surface area contributed by atoms with E-state index in [-0.39, 0.29) is 5.82 Å². The van der Waals surface area contributed by atoms with Gasteiger partial charge in [0.1, 0.15) is 17.4 Å². The molecule has 1 heterocycles. The number of aryl methyl sites for hydroxylation is 1. The SMILES string of the molecule is Cc1ccc(OCCc2[nH]nc(N)c2C#N)cc1. The Labute approximate surface area is 105 Å². The van der Waals surface area contributed by atoms with Crippen molar-refractivity contribution in [2.24, 2.45) is 0 Å². The van der Waals surface area contributed by atoms with Gasteiger partial charge >= 0.3 is 0 Å². The van der Waals surface area contributed by atoms with Crippen molar-refractivity contribution in [1.82, 2.24) is 10.2 Å². The lowest BCUT2D eigenvalue weighted by Crippen LogP contribution is -2.03. The highest BCUT2D eigenvalue weighted by Crippen LogP contribution is 2.14. The summed E-state index contributed by atoms with van der Waals surface area (Å²) in [7, 11) is 0. The molecule has 2 aromatic rings. The van der Waals surface area contributed by atoms with Crippen LogP contribution in [0.4, 0.5) is 5.82 Å². The number of aromatic amines is 1. The minimum atomic E-state index is 0.239. The number of H-pyrrole nitrogens is 1. The second kappa shape index (κ2) is 5.23. The maximum absolute atomic E-state index is 8.90. The topological polar surface area (TPSA) is 87.7 Å². The quantitative estimate of drug-likeness (QED) is 0.855. The first kappa shape index (κ1) is 12.0. The van der Waals surface area contributed by atoms with E-state index in [2.05, 4.69) is 10.2 Å². The fourth-order valence-corrected chi connectivity index (χ4v) is 1.61. The lowest BCUT2D eigenvalue weighted by Gasteiger charge is -2.05. The summed E-state index contributed by atoms with van der Waals surface area (Å²) in [5.74, 6) is 1.05. The number of nitriles is 1. The standard InChI is InChI=1S/C13H14N4O/c1-9-2-4-10(5-3-9)18-7-6-12-11(8-14)13(15)17-16-12/h2-5H,6-7H2,1H3,(H3,15,16,17). The van der Waals surface area contributed by atoms with E-state index >= 15 is 0 Å². The van der Waals surface area contributed by atoms with Gasteiger partial charge in [-0.05, 0) is 19.1 Å². The Bertz CT molecular complexity index is 566. The van der Waals surface area contributed by atoms with Crippen LogP contribution in [0.5, 0.6) is 5.75 Å². The van der Waals surface area contributed by atoms with Crippen molar-refractivity contribution >= 4 is 5.82 Å². The minimum Gasteiger partial charge on any atom is -0.493 e. The van der Waals surface area contributed by atoms with Crippen molar-refractivity contribution < 1.29 is 4.74 Å². The second-order valence-corrected chi connectivity index (χ2v) is 3.99. The molecule has 18 heavy (non-hydrogen) atoms. The molecule has 3 N–H and O–H groups in total. The number of hydrogen-bond donors (Lipinski definition) is 2. The molecule has 0 unspecified atom stereocenters. The summed E-state index contributed by atoms with van der Waals surface area (Å²) in [6.07, 6.45) is 0.570. The predicted molar refractivity (Wildman–Crippen MR) is 68.1 cm³/mol. The maximum Gasteiger partial charge on any atom is 0.163 e. The van der Waals surface area contributed by atoms with E-state index in [0.717, 1.165) is 5.75 Å². The number of ether oxygens (including phenoxy) is 1. The predicted octanol–water partition coefficient (Wildman–Crippen LogP) is 1.79. The van der Waals surface area contributed by atoms with E-state index in [9.17, 15) is 0 Å². The molecule has 0 aliphatic carbocycles. The Morgan fingerprint density at radius 1 is 1.39 bits per heavy atom. The van der Waals surface area contributed by atoms with E-state index in [1.807, 2.05) is 37.3 Å². The fraction of sp³-hybridized carbons (Fsp3) is 0.231. The molecule has 1 aromatic carbocycles. The van der Waals surface area contributed by atoms with Crippen LogP contribution in [0.25, 0.3) is 0 Å². The molecule has 0 atom stereocenters. The van der Waals surface area contributed by atoms with Gasteiger partial charge in [-0.25, -0.2) is 0 Å². The molecule has 92 valence electrons. The van der Waals surface area contributed by atoms with Crippen LogP contribution < -0.4 is 10.5 Å². The van der Waals surface area contributed by atoms with Crippen LogP contribution >= 0.6 is 0 Å². The van der Waals surface area contributed by atoms with Crippen LogP contribution in [0, 0.1) is 18.3 Å². The molecule has 0 aliphatic heterocycles. The zero-order chi connectivity index (χ0) is 13.0. The van der Waals surface area contributed by atoms with Crippen LogP contribution in [-0.4, -0.2) is 16.8 Å². The van der Waals surface area contributed by atoms with Gasteiger partial charge in [-0.15, -0.1) is 0 Å². The number of nitrogens with zero attached hydrogens (tertiary/aromatic N) is 2. The highest BCUT2D eigenvalue weighted by molar-refractivity contribution is 5.50.